The van der Waals surface area contributed by atoms with Gasteiger partial charge in [-0.2, -0.15) is 0 Å². The average molecular weight is 479 g/mol. The minimum atomic E-state index is -0.959. The van der Waals surface area contributed by atoms with Gasteiger partial charge >= 0.3 is 0 Å². The van der Waals surface area contributed by atoms with E-state index in [4.69, 9.17) is 4.74 Å². The average Bonchev–Trinajstić information content (AvgIpc) is 2.97. The van der Waals surface area contributed by atoms with E-state index in [1.165, 1.54) is 0 Å². The molecule has 0 saturated carbocycles. The Kier molecular flexibility index (Phi) is 7.75. The van der Waals surface area contributed by atoms with Gasteiger partial charge in [0.25, 0.3) is 0 Å². The van der Waals surface area contributed by atoms with Crippen molar-refractivity contribution >= 4 is 0 Å². The first-order valence-corrected chi connectivity index (χ1v) is 12.9. The van der Waals surface area contributed by atoms with Crippen molar-refractivity contribution in [1.82, 2.24) is 9.88 Å². The Morgan fingerprint density at radius 2 is 1.42 bits per heavy atom. The molecule has 4 aromatic rings. The molecular formula is C32H34N2O2. The summed E-state index contributed by atoms with van der Waals surface area (Å²) in [5.41, 5.74) is 3.26. The van der Waals surface area contributed by atoms with Crippen molar-refractivity contribution in [3.63, 3.8) is 0 Å². The molecule has 0 bridgehead atoms. The van der Waals surface area contributed by atoms with E-state index in [-0.39, 0.29) is 5.92 Å². The number of aliphatic hydroxyl groups is 1. The Balaban J connectivity index is 1.12. The molecule has 1 fully saturated rings. The highest BCUT2D eigenvalue weighted by Crippen LogP contribution is 2.41. The Hall–Kier alpha value is -3.47. The van der Waals surface area contributed by atoms with Crippen LogP contribution in [0.4, 0.5) is 0 Å². The summed E-state index contributed by atoms with van der Waals surface area (Å²) < 4.78 is 6.00. The standard InChI is InChI=1S/C32H34N2O2/c35-32(28-10-3-1-4-11-28,29-12-5-2-6-13-29)30-18-22-34(23-19-30)21-8-24-36-31-16-14-26(15-17-31)27-9-7-20-33-25-27/h1-7,9-17,20,25,30,35H,8,18-19,21-24H2. The Morgan fingerprint density at radius 3 is 2.00 bits per heavy atom. The number of aromatic nitrogens is 1. The molecule has 5 rings (SSSR count). The van der Waals surface area contributed by atoms with E-state index in [2.05, 4.69) is 52.3 Å². The highest BCUT2D eigenvalue weighted by Gasteiger charge is 2.41. The number of ether oxygens (including phenoxy) is 1. The number of rotatable bonds is 9. The molecule has 0 amide bonds. The van der Waals surface area contributed by atoms with Crippen molar-refractivity contribution in [2.45, 2.75) is 24.9 Å². The second-order valence-corrected chi connectivity index (χ2v) is 9.58. The third kappa shape index (κ3) is 5.51. The summed E-state index contributed by atoms with van der Waals surface area (Å²) in [5.74, 6) is 1.09. The van der Waals surface area contributed by atoms with Gasteiger partial charge in [-0.05, 0) is 78.7 Å². The summed E-state index contributed by atoms with van der Waals surface area (Å²) in [6, 6.07) is 32.5. The van der Waals surface area contributed by atoms with Gasteiger partial charge in [-0.3, -0.25) is 4.98 Å². The lowest BCUT2D eigenvalue weighted by Crippen LogP contribution is -2.44. The molecule has 184 valence electrons. The summed E-state index contributed by atoms with van der Waals surface area (Å²) in [5, 5.41) is 12.1. The van der Waals surface area contributed by atoms with Gasteiger partial charge < -0.3 is 14.7 Å². The molecule has 2 heterocycles. The monoisotopic (exact) mass is 478 g/mol. The van der Waals surface area contributed by atoms with Crippen LogP contribution >= 0.6 is 0 Å². The van der Waals surface area contributed by atoms with Gasteiger partial charge in [0.15, 0.2) is 0 Å². The molecule has 0 radical (unpaired) electrons. The second kappa shape index (κ2) is 11.5. The van der Waals surface area contributed by atoms with E-state index in [0.29, 0.717) is 6.61 Å². The Morgan fingerprint density at radius 1 is 0.778 bits per heavy atom. The van der Waals surface area contributed by atoms with Crippen molar-refractivity contribution < 1.29 is 9.84 Å². The van der Waals surface area contributed by atoms with Crippen LogP contribution in [0.2, 0.25) is 0 Å². The molecule has 0 unspecified atom stereocenters. The van der Waals surface area contributed by atoms with Crippen molar-refractivity contribution in [1.29, 1.82) is 0 Å². The van der Waals surface area contributed by atoms with Crippen LogP contribution < -0.4 is 4.74 Å². The van der Waals surface area contributed by atoms with Crippen molar-refractivity contribution in [3.8, 4) is 16.9 Å². The van der Waals surface area contributed by atoms with E-state index in [0.717, 1.165) is 66.9 Å². The number of piperidine rings is 1. The fourth-order valence-corrected chi connectivity index (χ4v) is 5.35. The van der Waals surface area contributed by atoms with Crippen LogP contribution in [0.1, 0.15) is 30.4 Å². The number of pyridine rings is 1. The highest BCUT2D eigenvalue weighted by atomic mass is 16.5. The van der Waals surface area contributed by atoms with Crippen LogP contribution in [0.15, 0.2) is 109 Å². The van der Waals surface area contributed by atoms with Gasteiger partial charge in [-0.1, -0.05) is 78.9 Å². The fourth-order valence-electron chi connectivity index (χ4n) is 5.35. The predicted molar refractivity (Wildman–Crippen MR) is 145 cm³/mol. The molecule has 3 aromatic carbocycles. The Bertz CT molecular complexity index is 1150. The third-order valence-electron chi connectivity index (χ3n) is 7.34. The fraction of sp³-hybridized carbons (Fsp3) is 0.281. The summed E-state index contributed by atoms with van der Waals surface area (Å²) in [7, 11) is 0. The maximum atomic E-state index is 12.1. The largest absolute Gasteiger partial charge is 0.494 e. The minimum absolute atomic E-state index is 0.188. The first-order valence-electron chi connectivity index (χ1n) is 12.9. The van der Waals surface area contributed by atoms with Crippen LogP contribution in [0.3, 0.4) is 0 Å². The van der Waals surface area contributed by atoms with Crippen molar-refractivity contribution in [2.75, 3.05) is 26.2 Å². The number of hydrogen-bond donors (Lipinski definition) is 1. The normalized spacial score (nSPS) is 15.0. The van der Waals surface area contributed by atoms with E-state index in [9.17, 15) is 5.11 Å². The van der Waals surface area contributed by atoms with Crippen LogP contribution in [0.25, 0.3) is 11.1 Å². The van der Waals surface area contributed by atoms with E-state index >= 15 is 0 Å². The van der Waals surface area contributed by atoms with Crippen molar-refractivity contribution in [2.24, 2.45) is 5.92 Å². The molecule has 36 heavy (non-hydrogen) atoms. The minimum Gasteiger partial charge on any atom is -0.494 e. The van der Waals surface area contributed by atoms with Gasteiger partial charge in [0.1, 0.15) is 11.4 Å². The Labute approximate surface area is 214 Å². The molecule has 1 N–H and O–H groups in total. The topological polar surface area (TPSA) is 45.6 Å². The van der Waals surface area contributed by atoms with Gasteiger partial charge in [0.2, 0.25) is 0 Å². The molecule has 4 heteroatoms. The number of nitrogens with zero attached hydrogens (tertiary/aromatic N) is 2. The third-order valence-corrected chi connectivity index (χ3v) is 7.34. The zero-order valence-electron chi connectivity index (χ0n) is 20.7. The van der Waals surface area contributed by atoms with E-state index in [1.807, 2.05) is 60.8 Å². The lowest BCUT2D eigenvalue weighted by Gasteiger charge is -2.42. The molecule has 1 aliphatic heterocycles. The van der Waals surface area contributed by atoms with Crippen LogP contribution in [0, 0.1) is 5.92 Å². The second-order valence-electron chi connectivity index (χ2n) is 9.58. The number of hydrogen-bond acceptors (Lipinski definition) is 4. The SMILES string of the molecule is OC(c1ccccc1)(c1ccccc1)C1CCN(CCCOc2ccc(-c3cccnc3)cc2)CC1. The highest BCUT2D eigenvalue weighted by molar-refractivity contribution is 5.62. The van der Waals surface area contributed by atoms with Crippen LogP contribution in [-0.4, -0.2) is 41.2 Å². The molecule has 1 aliphatic rings. The van der Waals surface area contributed by atoms with E-state index in [1.54, 1.807) is 6.20 Å². The maximum Gasteiger partial charge on any atom is 0.119 e. The number of likely N-dealkylation sites (tertiary alicyclic amines) is 1. The van der Waals surface area contributed by atoms with Gasteiger partial charge in [-0.15, -0.1) is 0 Å². The maximum absolute atomic E-state index is 12.1. The smallest absolute Gasteiger partial charge is 0.119 e. The zero-order valence-corrected chi connectivity index (χ0v) is 20.7. The predicted octanol–water partition coefficient (Wildman–Crippen LogP) is 6.17. The van der Waals surface area contributed by atoms with Gasteiger partial charge in [-0.25, -0.2) is 0 Å². The van der Waals surface area contributed by atoms with Crippen LogP contribution in [-0.2, 0) is 5.60 Å². The van der Waals surface area contributed by atoms with Crippen LogP contribution in [0.5, 0.6) is 5.75 Å². The van der Waals surface area contributed by atoms with Gasteiger partial charge in [0, 0.05) is 18.9 Å². The lowest BCUT2D eigenvalue weighted by molar-refractivity contribution is -0.0146. The van der Waals surface area contributed by atoms with E-state index < -0.39 is 5.60 Å². The van der Waals surface area contributed by atoms with Gasteiger partial charge in [0.05, 0.1) is 6.61 Å². The number of benzene rings is 3. The quantitative estimate of drug-likeness (QED) is 0.292. The molecule has 0 atom stereocenters. The molecule has 0 aliphatic carbocycles. The molecule has 1 aromatic heterocycles. The first-order chi connectivity index (χ1) is 17.7. The molecular weight excluding hydrogens is 444 g/mol. The zero-order chi connectivity index (χ0) is 24.6. The lowest BCUT2D eigenvalue weighted by atomic mass is 9.72. The summed E-state index contributed by atoms with van der Waals surface area (Å²) >= 11 is 0. The summed E-state index contributed by atoms with van der Waals surface area (Å²) in [4.78, 5) is 6.69. The van der Waals surface area contributed by atoms with Crippen molar-refractivity contribution in [3.05, 3.63) is 121 Å². The summed E-state index contributed by atoms with van der Waals surface area (Å²) in [6.45, 7) is 3.69. The summed E-state index contributed by atoms with van der Waals surface area (Å²) in [6.07, 6.45) is 6.58. The molecule has 0 spiro atoms. The molecule has 4 nitrogen and oxygen atoms in total. The molecule has 1 saturated heterocycles. The first kappa shape index (κ1) is 24.2.